The Kier molecular flexibility index (Phi) is 4.80. The summed E-state index contributed by atoms with van der Waals surface area (Å²) in [5.74, 6) is 0.0920. The number of aromatic nitrogens is 2. The van der Waals surface area contributed by atoms with Crippen LogP contribution in [0.1, 0.15) is 15.9 Å². The molecule has 2 heterocycles. The summed E-state index contributed by atoms with van der Waals surface area (Å²) in [7, 11) is 0. The number of hydrogen-bond acceptors (Lipinski definition) is 3. The summed E-state index contributed by atoms with van der Waals surface area (Å²) in [6, 6.07) is 16.0. The van der Waals surface area contributed by atoms with Crippen molar-refractivity contribution in [3.05, 3.63) is 72.1 Å². The third-order valence-corrected chi connectivity index (χ3v) is 4.80. The topological polar surface area (TPSA) is 52.2 Å². The number of fused-ring (bicyclic) bond motifs is 1. The summed E-state index contributed by atoms with van der Waals surface area (Å²) in [6.07, 6.45) is 6.00. The van der Waals surface area contributed by atoms with E-state index in [9.17, 15) is 4.79 Å². The normalized spacial score (nSPS) is 15.8. The highest BCUT2D eigenvalue weighted by atomic mass is 16.2. The molecule has 0 unspecified atom stereocenters. The summed E-state index contributed by atoms with van der Waals surface area (Å²) < 4.78 is 0. The van der Waals surface area contributed by atoms with E-state index in [0.717, 1.165) is 43.8 Å². The molecule has 1 amide bonds. The van der Waals surface area contributed by atoms with Crippen molar-refractivity contribution >= 4 is 23.0 Å². The molecule has 0 spiro atoms. The molecule has 5 heteroatoms. The predicted octanol–water partition coefficient (Wildman–Crippen LogP) is 3.03. The van der Waals surface area contributed by atoms with E-state index in [4.69, 9.17) is 0 Å². The van der Waals surface area contributed by atoms with Crippen LogP contribution < -0.4 is 0 Å². The molecule has 2 aromatic carbocycles. The zero-order valence-corrected chi connectivity index (χ0v) is 14.6. The van der Waals surface area contributed by atoms with Crippen molar-refractivity contribution in [2.24, 2.45) is 0 Å². The lowest BCUT2D eigenvalue weighted by Crippen LogP contribution is -2.48. The van der Waals surface area contributed by atoms with Gasteiger partial charge < -0.3 is 9.88 Å². The third-order valence-electron chi connectivity index (χ3n) is 4.80. The molecule has 1 aliphatic rings. The van der Waals surface area contributed by atoms with E-state index in [-0.39, 0.29) is 5.91 Å². The van der Waals surface area contributed by atoms with Crippen molar-refractivity contribution in [3.8, 4) is 0 Å². The molecule has 1 fully saturated rings. The maximum Gasteiger partial charge on any atom is 0.254 e. The number of rotatable bonds is 4. The lowest BCUT2D eigenvalue weighted by molar-refractivity contribution is 0.0650. The molecule has 3 aromatic rings. The van der Waals surface area contributed by atoms with Crippen molar-refractivity contribution in [1.29, 1.82) is 0 Å². The van der Waals surface area contributed by atoms with Crippen LogP contribution in [0.2, 0.25) is 0 Å². The van der Waals surface area contributed by atoms with Gasteiger partial charge in [0, 0.05) is 38.3 Å². The number of amides is 1. The zero-order chi connectivity index (χ0) is 17.8. The summed E-state index contributed by atoms with van der Waals surface area (Å²) in [6.45, 7) is 4.23. The van der Waals surface area contributed by atoms with E-state index >= 15 is 0 Å². The standard InChI is InChI=1S/C21H22N4O/c26-21(18-8-9-19-20(15-18)23-16-22-19)25-13-11-24(12-14-25)10-4-7-17-5-2-1-3-6-17/h1-9,15-16H,10-14H2,(H,22,23)/b7-4+. The number of carbonyl (C=O) groups is 1. The largest absolute Gasteiger partial charge is 0.345 e. The number of imidazole rings is 1. The van der Waals surface area contributed by atoms with Crippen molar-refractivity contribution in [2.45, 2.75) is 0 Å². The van der Waals surface area contributed by atoms with Gasteiger partial charge in [-0.1, -0.05) is 42.5 Å². The Morgan fingerprint density at radius 3 is 2.69 bits per heavy atom. The third kappa shape index (κ3) is 3.68. The summed E-state index contributed by atoms with van der Waals surface area (Å²) in [4.78, 5) is 24.3. The van der Waals surface area contributed by atoms with Crippen LogP contribution in [-0.2, 0) is 0 Å². The minimum atomic E-state index is 0.0920. The van der Waals surface area contributed by atoms with Gasteiger partial charge in [0.1, 0.15) is 0 Å². The molecule has 1 aromatic heterocycles. The van der Waals surface area contributed by atoms with E-state index < -0.39 is 0 Å². The Morgan fingerprint density at radius 2 is 1.88 bits per heavy atom. The number of benzene rings is 2. The highest BCUT2D eigenvalue weighted by Crippen LogP contribution is 2.15. The van der Waals surface area contributed by atoms with E-state index in [0.29, 0.717) is 5.56 Å². The molecular weight excluding hydrogens is 324 g/mol. The first kappa shape index (κ1) is 16.5. The Balaban J connectivity index is 1.31. The average Bonchev–Trinajstić information content (AvgIpc) is 3.17. The Hall–Kier alpha value is -2.92. The molecule has 0 aliphatic carbocycles. The van der Waals surface area contributed by atoms with Gasteiger partial charge in [-0.25, -0.2) is 4.98 Å². The SMILES string of the molecule is O=C(c1ccc2[nH]cnc2c1)N1CCN(C/C=C/c2ccccc2)CC1. The molecule has 1 aliphatic heterocycles. The van der Waals surface area contributed by atoms with Gasteiger partial charge in [-0.15, -0.1) is 0 Å². The minimum Gasteiger partial charge on any atom is -0.345 e. The number of nitrogens with one attached hydrogen (secondary N) is 1. The van der Waals surface area contributed by atoms with Crippen LogP contribution >= 0.6 is 0 Å². The Bertz CT molecular complexity index is 908. The maximum atomic E-state index is 12.7. The minimum absolute atomic E-state index is 0.0920. The number of aromatic amines is 1. The van der Waals surface area contributed by atoms with Crippen LogP contribution in [0, 0.1) is 0 Å². The van der Waals surface area contributed by atoms with Gasteiger partial charge in [0.05, 0.1) is 17.4 Å². The smallest absolute Gasteiger partial charge is 0.254 e. The van der Waals surface area contributed by atoms with Gasteiger partial charge in [0.15, 0.2) is 0 Å². The molecule has 0 saturated carbocycles. The second kappa shape index (κ2) is 7.54. The van der Waals surface area contributed by atoms with Gasteiger partial charge in [0.25, 0.3) is 5.91 Å². The van der Waals surface area contributed by atoms with Gasteiger partial charge in [-0.05, 0) is 23.8 Å². The van der Waals surface area contributed by atoms with Crippen molar-refractivity contribution in [2.75, 3.05) is 32.7 Å². The molecule has 1 saturated heterocycles. The molecule has 0 bridgehead atoms. The van der Waals surface area contributed by atoms with E-state index in [1.165, 1.54) is 5.56 Å². The van der Waals surface area contributed by atoms with Crippen molar-refractivity contribution < 1.29 is 4.79 Å². The molecule has 0 atom stereocenters. The summed E-state index contributed by atoms with van der Waals surface area (Å²) in [5.41, 5.74) is 3.72. The van der Waals surface area contributed by atoms with Crippen LogP contribution in [0.3, 0.4) is 0 Å². The van der Waals surface area contributed by atoms with Gasteiger partial charge in [-0.2, -0.15) is 0 Å². The number of H-pyrrole nitrogens is 1. The van der Waals surface area contributed by atoms with E-state index in [1.807, 2.05) is 41.3 Å². The van der Waals surface area contributed by atoms with Gasteiger partial charge in [0.2, 0.25) is 0 Å². The van der Waals surface area contributed by atoms with Crippen LogP contribution in [0.15, 0.2) is 60.9 Å². The molecule has 132 valence electrons. The number of nitrogens with zero attached hydrogens (tertiary/aromatic N) is 3. The molecule has 4 rings (SSSR count). The first-order chi connectivity index (χ1) is 12.8. The Labute approximate surface area is 153 Å². The van der Waals surface area contributed by atoms with Crippen LogP contribution in [0.25, 0.3) is 17.1 Å². The molecule has 1 N–H and O–H groups in total. The first-order valence-electron chi connectivity index (χ1n) is 8.96. The predicted molar refractivity (Wildman–Crippen MR) is 104 cm³/mol. The lowest BCUT2D eigenvalue weighted by Gasteiger charge is -2.34. The second-order valence-corrected chi connectivity index (χ2v) is 6.54. The van der Waals surface area contributed by atoms with Crippen molar-refractivity contribution in [1.82, 2.24) is 19.8 Å². The second-order valence-electron chi connectivity index (χ2n) is 6.54. The number of piperazine rings is 1. The van der Waals surface area contributed by atoms with Crippen LogP contribution in [0.5, 0.6) is 0 Å². The molecule has 26 heavy (non-hydrogen) atoms. The molecule has 0 radical (unpaired) electrons. The van der Waals surface area contributed by atoms with Crippen LogP contribution in [0.4, 0.5) is 0 Å². The lowest BCUT2D eigenvalue weighted by atomic mass is 10.1. The summed E-state index contributed by atoms with van der Waals surface area (Å²) >= 11 is 0. The fourth-order valence-corrected chi connectivity index (χ4v) is 3.28. The fourth-order valence-electron chi connectivity index (χ4n) is 3.28. The molecule has 5 nitrogen and oxygen atoms in total. The fraction of sp³-hybridized carbons (Fsp3) is 0.238. The molecular formula is C21H22N4O. The monoisotopic (exact) mass is 346 g/mol. The van der Waals surface area contributed by atoms with E-state index in [2.05, 4.69) is 39.2 Å². The number of hydrogen-bond donors (Lipinski definition) is 1. The number of carbonyl (C=O) groups excluding carboxylic acids is 1. The average molecular weight is 346 g/mol. The van der Waals surface area contributed by atoms with Gasteiger partial charge in [-0.3, -0.25) is 9.69 Å². The summed E-state index contributed by atoms with van der Waals surface area (Å²) in [5, 5.41) is 0. The van der Waals surface area contributed by atoms with Gasteiger partial charge >= 0.3 is 0 Å². The quantitative estimate of drug-likeness (QED) is 0.790. The first-order valence-corrected chi connectivity index (χ1v) is 8.96. The highest BCUT2D eigenvalue weighted by Gasteiger charge is 2.21. The van der Waals surface area contributed by atoms with Crippen LogP contribution in [-0.4, -0.2) is 58.4 Å². The highest BCUT2D eigenvalue weighted by molar-refractivity contribution is 5.97. The maximum absolute atomic E-state index is 12.7. The zero-order valence-electron chi connectivity index (χ0n) is 14.6. The Morgan fingerprint density at radius 1 is 1.08 bits per heavy atom. The van der Waals surface area contributed by atoms with E-state index in [1.54, 1.807) is 6.33 Å². The van der Waals surface area contributed by atoms with Crippen molar-refractivity contribution in [3.63, 3.8) is 0 Å².